The van der Waals surface area contributed by atoms with Crippen molar-refractivity contribution in [1.82, 2.24) is 35.5 Å². The summed E-state index contributed by atoms with van der Waals surface area (Å²) < 4.78 is 0. The normalized spacial score (nSPS) is 15.1. The first-order valence-electron chi connectivity index (χ1n) is 12.2. The number of pyridine rings is 2. The lowest BCUT2D eigenvalue weighted by atomic mass is 10.1. The summed E-state index contributed by atoms with van der Waals surface area (Å²) in [4.78, 5) is 43.0. The highest BCUT2D eigenvalue weighted by Gasteiger charge is 2.30. The van der Waals surface area contributed by atoms with Gasteiger partial charge >= 0.3 is 0 Å². The summed E-state index contributed by atoms with van der Waals surface area (Å²) in [6.45, 7) is 5.95. The minimum atomic E-state index is -0.254. The summed E-state index contributed by atoms with van der Waals surface area (Å²) in [6, 6.07) is 7.41. The summed E-state index contributed by atoms with van der Waals surface area (Å²) >= 11 is 0. The van der Waals surface area contributed by atoms with Crippen molar-refractivity contribution in [2.45, 2.75) is 39.7 Å². The number of carbonyl (C=O) groups is 2. The van der Waals surface area contributed by atoms with Crippen LogP contribution in [0.25, 0.3) is 22.6 Å². The van der Waals surface area contributed by atoms with Crippen LogP contribution in [0.3, 0.4) is 0 Å². The third-order valence-electron chi connectivity index (χ3n) is 6.17. The minimum Gasteiger partial charge on any atom is -0.319 e. The Labute approximate surface area is 215 Å². The summed E-state index contributed by atoms with van der Waals surface area (Å²) in [5.74, 6) is 0.794. The number of hydrazine groups is 2. The van der Waals surface area contributed by atoms with Crippen LogP contribution in [0.4, 0.5) is 11.5 Å². The molecule has 190 valence electrons. The van der Waals surface area contributed by atoms with E-state index in [9.17, 15) is 9.59 Å². The van der Waals surface area contributed by atoms with Gasteiger partial charge in [-0.2, -0.15) is 0 Å². The van der Waals surface area contributed by atoms with Crippen LogP contribution in [0.2, 0.25) is 0 Å². The van der Waals surface area contributed by atoms with Crippen molar-refractivity contribution in [2.24, 2.45) is 5.92 Å². The number of nitrogens with zero attached hydrogens (tertiary/aromatic N) is 6. The van der Waals surface area contributed by atoms with E-state index < -0.39 is 0 Å². The zero-order valence-electron chi connectivity index (χ0n) is 21.2. The maximum atomic E-state index is 12.9. The van der Waals surface area contributed by atoms with Crippen LogP contribution < -0.4 is 16.2 Å². The molecule has 4 heterocycles. The second-order valence-electron chi connectivity index (χ2n) is 9.44. The second kappa shape index (κ2) is 9.94. The molecular weight excluding hydrogens is 470 g/mol. The molecule has 3 aromatic rings. The van der Waals surface area contributed by atoms with Crippen molar-refractivity contribution >= 4 is 23.3 Å². The summed E-state index contributed by atoms with van der Waals surface area (Å²) in [6.07, 6.45) is 8.54. The zero-order valence-corrected chi connectivity index (χ0v) is 21.2. The summed E-state index contributed by atoms with van der Waals surface area (Å²) in [7, 11) is 1.79. The molecule has 5 rings (SSSR count). The number of aryl methyl sites for hydroxylation is 1. The molecule has 1 aliphatic carbocycles. The van der Waals surface area contributed by atoms with Crippen molar-refractivity contribution in [3.05, 3.63) is 60.4 Å². The molecule has 0 saturated heterocycles. The van der Waals surface area contributed by atoms with Gasteiger partial charge in [-0.15, -0.1) is 5.53 Å². The molecule has 0 spiro atoms. The lowest BCUT2D eigenvalue weighted by Crippen LogP contribution is -2.42. The van der Waals surface area contributed by atoms with E-state index in [1.54, 1.807) is 55.0 Å². The predicted octanol–water partition coefficient (Wildman–Crippen LogP) is 3.11. The Kier molecular flexibility index (Phi) is 6.53. The number of aromatic nitrogens is 4. The molecule has 0 radical (unpaired) electrons. The van der Waals surface area contributed by atoms with E-state index in [1.165, 1.54) is 0 Å². The minimum absolute atomic E-state index is 0.00728. The number of anilines is 2. The molecule has 2 amide bonds. The molecule has 0 aromatic carbocycles. The molecule has 3 aromatic heterocycles. The van der Waals surface area contributed by atoms with Gasteiger partial charge in [0.15, 0.2) is 5.82 Å². The van der Waals surface area contributed by atoms with Crippen molar-refractivity contribution < 1.29 is 9.59 Å². The lowest BCUT2D eigenvalue weighted by molar-refractivity contribution is -0.117. The maximum absolute atomic E-state index is 12.9. The van der Waals surface area contributed by atoms with Gasteiger partial charge in [-0.25, -0.2) is 15.0 Å². The molecule has 2 aliphatic rings. The maximum Gasteiger partial charge on any atom is 0.274 e. The van der Waals surface area contributed by atoms with Crippen LogP contribution >= 0.6 is 0 Å². The van der Waals surface area contributed by atoms with E-state index in [4.69, 9.17) is 4.98 Å². The van der Waals surface area contributed by atoms with Crippen LogP contribution in [-0.2, 0) is 9.59 Å². The molecule has 0 unspecified atom stereocenters. The van der Waals surface area contributed by atoms with E-state index in [1.807, 2.05) is 31.8 Å². The van der Waals surface area contributed by atoms with E-state index in [2.05, 4.69) is 31.1 Å². The highest BCUT2D eigenvalue weighted by molar-refractivity contribution is 6.03. The third kappa shape index (κ3) is 5.41. The molecule has 1 aliphatic heterocycles. The fourth-order valence-electron chi connectivity index (χ4n) is 3.87. The van der Waals surface area contributed by atoms with Crippen LogP contribution in [0, 0.1) is 12.8 Å². The third-order valence-corrected chi connectivity index (χ3v) is 6.17. The highest BCUT2D eigenvalue weighted by atomic mass is 16.2. The van der Waals surface area contributed by atoms with Crippen LogP contribution in [0.5, 0.6) is 0 Å². The van der Waals surface area contributed by atoms with Gasteiger partial charge in [0.1, 0.15) is 11.5 Å². The van der Waals surface area contributed by atoms with Crippen molar-refractivity contribution in [3.8, 4) is 22.6 Å². The van der Waals surface area contributed by atoms with Gasteiger partial charge in [-0.1, -0.05) is 0 Å². The first-order chi connectivity index (χ1) is 17.8. The zero-order chi connectivity index (χ0) is 26.1. The monoisotopic (exact) mass is 499 g/mol. The average Bonchev–Trinajstić information content (AvgIpc) is 3.66. The van der Waals surface area contributed by atoms with Gasteiger partial charge in [-0.3, -0.25) is 24.6 Å². The van der Waals surface area contributed by atoms with E-state index in [0.29, 0.717) is 28.7 Å². The van der Waals surface area contributed by atoms with Crippen molar-refractivity contribution in [3.63, 3.8) is 0 Å². The first kappa shape index (κ1) is 24.3. The quantitative estimate of drug-likeness (QED) is 0.449. The van der Waals surface area contributed by atoms with Gasteiger partial charge in [-0.05, 0) is 57.9 Å². The van der Waals surface area contributed by atoms with Crippen molar-refractivity contribution in [2.75, 3.05) is 17.7 Å². The van der Waals surface area contributed by atoms with Gasteiger partial charge < -0.3 is 10.6 Å². The van der Waals surface area contributed by atoms with Crippen LogP contribution in [0.1, 0.15) is 32.4 Å². The Morgan fingerprint density at radius 1 is 1.08 bits per heavy atom. The van der Waals surface area contributed by atoms with Gasteiger partial charge in [0, 0.05) is 54.4 Å². The van der Waals surface area contributed by atoms with Gasteiger partial charge in [0.2, 0.25) is 5.91 Å². The number of amides is 2. The van der Waals surface area contributed by atoms with Crippen LogP contribution in [-0.4, -0.2) is 54.9 Å². The smallest absolute Gasteiger partial charge is 0.274 e. The fourth-order valence-corrected chi connectivity index (χ4v) is 3.87. The lowest BCUT2D eigenvalue weighted by Gasteiger charge is -2.23. The Hall–Kier alpha value is -4.38. The number of carbonyl (C=O) groups excluding carboxylic acids is 2. The van der Waals surface area contributed by atoms with E-state index >= 15 is 0 Å². The summed E-state index contributed by atoms with van der Waals surface area (Å²) in [5, 5.41) is 9.32. The number of nitrogens with one attached hydrogen (secondary N) is 3. The molecule has 37 heavy (non-hydrogen) atoms. The molecule has 11 heteroatoms. The van der Waals surface area contributed by atoms with Crippen molar-refractivity contribution in [1.29, 1.82) is 0 Å². The number of rotatable bonds is 7. The van der Waals surface area contributed by atoms with Gasteiger partial charge in [0.25, 0.3) is 5.91 Å². The Balaban J connectivity index is 1.37. The standard InChI is InChI=1S/C26H29N9O2/c1-15(2)35-14-22(34(4)33-35)26(37)30-19-12-20(16(3)29-13-19)21-8-10-28-24(31-21)18-7-9-27-23(11-18)32-25(36)17-5-6-17/h7-15,17,33H,5-6H2,1-4H3,(H,30,37)(H,27,32,36). The molecule has 0 atom stereocenters. The molecule has 1 saturated carbocycles. The Morgan fingerprint density at radius 3 is 2.59 bits per heavy atom. The average molecular weight is 500 g/mol. The van der Waals surface area contributed by atoms with Gasteiger partial charge in [0.05, 0.1) is 17.6 Å². The Morgan fingerprint density at radius 2 is 1.86 bits per heavy atom. The molecule has 0 bridgehead atoms. The van der Waals surface area contributed by atoms with E-state index in [-0.39, 0.29) is 23.8 Å². The fraction of sp³-hybridized carbons (Fsp3) is 0.308. The predicted molar refractivity (Wildman–Crippen MR) is 139 cm³/mol. The first-order valence-corrected chi connectivity index (χ1v) is 12.2. The molecule has 1 fully saturated rings. The van der Waals surface area contributed by atoms with Crippen LogP contribution in [0.15, 0.2) is 54.8 Å². The number of hydrogen-bond acceptors (Lipinski definition) is 9. The molecule has 11 nitrogen and oxygen atoms in total. The number of hydrogen-bond donors (Lipinski definition) is 3. The van der Waals surface area contributed by atoms with E-state index in [0.717, 1.165) is 29.7 Å². The second-order valence-corrected chi connectivity index (χ2v) is 9.44. The molecular formula is C26H29N9O2. The SMILES string of the molecule is Cc1ncc(NC(=O)C2=CN(C(C)C)NN2C)cc1-c1ccnc(-c2ccnc(NC(=O)C3CC3)c2)n1. The molecule has 3 N–H and O–H groups in total. The highest BCUT2D eigenvalue weighted by Crippen LogP contribution is 2.30. The Bertz CT molecular complexity index is 1380. The number of likely N-dealkylation sites (N-methyl/N-ethyl adjacent to an activating group) is 1. The topological polar surface area (TPSA) is 128 Å². The summed E-state index contributed by atoms with van der Waals surface area (Å²) in [5.41, 5.74) is 7.09. The largest absolute Gasteiger partial charge is 0.319 e.